The highest BCUT2D eigenvalue weighted by Crippen LogP contribution is 2.38. The van der Waals surface area contributed by atoms with Gasteiger partial charge in [-0.25, -0.2) is 0 Å². The first kappa shape index (κ1) is 14.7. The van der Waals surface area contributed by atoms with Gasteiger partial charge in [-0.3, -0.25) is 0 Å². The van der Waals surface area contributed by atoms with Crippen LogP contribution in [-0.4, -0.2) is 48.1 Å². The third-order valence-corrected chi connectivity index (χ3v) is 6.36. The van der Waals surface area contributed by atoms with Gasteiger partial charge in [0.2, 0.25) is 0 Å². The second-order valence-corrected chi connectivity index (χ2v) is 7.31. The molecule has 2 fully saturated rings. The molecule has 0 aromatic carbocycles. The van der Waals surface area contributed by atoms with E-state index in [2.05, 4.69) is 35.2 Å². The zero-order chi connectivity index (χ0) is 12.8. The third-order valence-electron chi connectivity index (χ3n) is 4.95. The molecule has 1 N–H and O–H groups in total. The van der Waals surface area contributed by atoms with Crippen molar-refractivity contribution in [1.82, 2.24) is 10.2 Å². The van der Waals surface area contributed by atoms with Crippen molar-refractivity contribution in [3.8, 4) is 0 Å². The average Bonchev–Trinajstić information content (AvgIpc) is 2.47. The lowest BCUT2D eigenvalue weighted by atomic mass is 9.88. The molecule has 106 valence electrons. The van der Waals surface area contributed by atoms with Gasteiger partial charge in [-0.05, 0) is 51.6 Å². The van der Waals surface area contributed by atoms with Crippen LogP contribution in [0.4, 0.5) is 0 Å². The molecule has 2 rings (SSSR count). The van der Waals surface area contributed by atoms with Crippen LogP contribution in [0.2, 0.25) is 0 Å². The Morgan fingerprint density at radius 2 is 1.83 bits per heavy atom. The maximum Gasteiger partial charge on any atom is 0.0281 e. The van der Waals surface area contributed by atoms with E-state index in [-0.39, 0.29) is 0 Å². The smallest absolute Gasteiger partial charge is 0.0281 e. The van der Waals surface area contributed by atoms with Crippen LogP contribution in [0.1, 0.15) is 51.9 Å². The molecule has 18 heavy (non-hydrogen) atoms. The van der Waals surface area contributed by atoms with Gasteiger partial charge < -0.3 is 10.2 Å². The summed E-state index contributed by atoms with van der Waals surface area (Å²) in [5.41, 5.74) is 0. The molecule has 0 spiro atoms. The molecule has 1 aliphatic heterocycles. The molecule has 2 aliphatic rings. The molecular weight excluding hydrogens is 240 g/mol. The minimum absolute atomic E-state index is 0.556. The Kier molecular flexibility index (Phi) is 5.84. The summed E-state index contributed by atoms with van der Waals surface area (Å²) in [6.45, 7) is 7.33. The van der Waals surface area contributed by atoms with E-state index < -0.39 is 0 Å². The fourth-order valence-corrected chi connectivity index (χ4v) is 4.36. The van der Waals surface area contributed by atoms with Crippen LogP contribution >= 0.6 is 11.8 Å². The number of likely N-dealkylation sites (tertiary alicyclic amines) is 1. The van der Waals surface area contributed by atoms with Crippen molar-refractivity contribution in [1.29, 1.82) is 0 Å². The van der Waals surface area contributed by atoms with Crippen molar-refractivity contribution < 1.29 is 0 Å². The first-order valence-corrected chi connectivity index (χ1v) is 9.01. The Labute approximate surface area is 117 Å². The third kappa shape index (κ3) is 3.88. The Balaban J connectivity index is 1.73. The lowest BCUT2D eigenvalue weighted by Crippen LogP contribution is -2.47. The van der Waals surface area contributed by atoms with E-state index >= 15 is 0 Å². The van der Waals surface area contributed by atoms with E-state index in [0.717, 1.165) is 6.04 Å². The van der Waals surface area contributed by atoms with Gasteiger partial charge in [0, 0.05) is 17.3 Å². The second kappa shape index (κ2) is 7.16. The minimum atomic E-state index is 0.556. The summed E-state index contributed by atoms with van der Waals surface area (Å²) in [5, 5.41) is 3.88. The van der Waals surface area contributed by atoms with Crippen molar-refractivity contribution >= 4 is 11.8 Å². The summed E-state index contributed by atoms with van der Waals surface area (Å²) in [4.78, 5) is 2.57. The number of thioether (sulfide) groups is 1. The van der Waals surface area contributed by atoms with Crippen LogP contribution in [0.5, 0.6) is 0 Å². The van der Waals surface area contributed by atoms with Gasteiger partial charge in [0.1, 0.15) is 0 Å². The zero-order valence-corrected chi connectivity index (χ0v) is 13.0. The lowest BCUT2D eigenvalue weighted by Gasteiger charge is -2.39. The van der Waals surface area contributed by atoms with Gasteiger partial charge in [-0.2, -0.15) is 11.8 Å². The van der Waals surface area contributed by atoms with Crippen LogP contribution in [0.25, 0.3) is 0 Å². The molecule has 0 radical (unpaired) electrons. The largest absolute Gasteiger partial charge is 0.313 e. The fraction of sp³-hybridized carbons (Fsp3) is 1.00. The highest BCUT2D eigenvalue weighted by atomic mass is 32.2. The van der Waals surface area contributed by atoms with E-state index in [0.29, 0.717) is 4.75 Å². The van der Waals surface area contributed by atoms with Crippen molar-refractivity contribution in [3.63, 3.8) is 0 Å². The summed E-state index contributed by atoms with van der Waals surface area (Å²) in [6.07, 6.45) is 12.2. The first-order valence-electron chi connectivity index (χ1n) is 7.79. The van der Waals surface area contributed by atoms with Crippen LogP contribution < -0.4 is 5.32 Å². The van der Waals surface area contributed by atoms with Gasteiger partial charge in [0.05, 0.1) is 0 Å². The van der Waals surface area contributed by atoms with Crippen LogP contribution in [0, 0.1) is 0 Å². The summed E-state index contributed by atoms with van der Waals surface area (Å²) in [5.74, 6) is 0. The molecule has 3 heteroatoms. The molecule has 0 amide bonds. The standard InChI is InChI=1S/C15H30N2S/c1-3-17-11-7-14(8-12-17)16-13-15(18-2)9-5-4-6-10-15/h14,16H,3-13H2,1-2H3. The summed E-state index contributed by atoms with van der Waals surface area (Å²) >= 11 is 2.11. The maximum absolute atomic E-state index is 3.88. The number of hydrogen-bond acceptors (Lipinski definition) is 3. The van der Waals surface area contributed by atoms with Crippen molar-refractivity contribution in [2.45, 2.75) is 62.7 Å². The number of nitrogens with one attached hydrogen (secondary N) is 1. The van der Waals surface area contributed by atoms with Crippen LogP contribution in [0.3, 0.4) is 0 Å². The average molecular weight is 270 g/mol. The van der Waals surface area contributed by atoms with E-state index in [9.17, 15) is 0 Å². The topological polar surface area (TPSA) is 15.3 Å². The molecule has 1 saturated heterocycles. The highest BCUT2D eigenvalue weighted by Gasteiger charge is 2.31. The highest BCUT2D eigenvalue weighted by molar-refractivity contribution is 8.00. The van der Waals surface area contributed by atoms with Crippen LogP contribution in [0.15, 0.2) is 0 Å². The van der Waals surface area contributed by atoms with Gasteiger partial charge in [-0.1, -0.05) is 26.2 Å². The van der Waals surface area contributed by atoms with Gasteiger partial charge >= 0.3 is 0 Å². The molecule has 1 saturated carbocycles. The molecule has 0 atom stereocenters. The van der Waals surface area contributed by atoms with Gasteiger partial charge in [-0.15, -0.1) is 0 Å². The summed E-state index contributed by atoms with van der Waals surface area (Å²) in [7, 11) is 0. The quantitative estimate of drug-likeness (QED) is 0.826. The molecule has 0 aromatic heterocycles. The van der Waals surface area contributed by atoms with Crippen LogP contribution in [-0.2, 0) is 0 Å². The molecule has 0 unspecified atom stereocenters. The Morgan fingerprint density at radius 1 is 1.17 bits per heavy atom. The fourth-order valence-electron chi connectivity index (χ4n) is 3.43. The molecule has 0 aromatic rings. The Bertz CT molecular complexity index is 231. The molecule has 1 aliphatic carbocycles. The lowest BCUT2D eigenvalue weighted by molar-refractivity contribution is 0.202. The monoisotopic (exact) mass is 270 g/mol. The SMILES string of the molecule is CCN1CCC(NCC2(SC)CCCCC2)CC1. The summed E-state index contributed by atoms with van der Waals surface area (Å²) < 4.78 is 0.556. The van der Waals surface area contributed by atoms with E-state index in [1.54, 1.807) is 0 Å². The number of nitrogens with zero attached hydrogens (tertiary/aromatic N) is 1. The van der Waals surface area contributed by atoms with Gasteiger partial charge in [0.25, 0.3) is 0 Å². The van der Waals surface area contributed by atoms with Gasteiger partial charge in [0.15, 0.2) is 0 Å². The predicted molar refractivity (Wildman–Crippen MR) is 82.5 cm³/mol. The zero-order valence-electron chi connectivity index (χ0n) is 12.2. The van der Waals surface area contributed by atoms with Crippen molar-refractivity contribution in [2.75, 3.05) is 32.4 Å². The minimum Gasteiger partial charge on any atom is -0.313 e. The Hall–Kier alpha value is 0.270. The van der Waals surface area contributed by atoms with Crippen molar-refractivity contribution in [2.24, 2.45) is 0 Å². The molecule has 0 bridgehead atoms. The normalized spacial score (nSPS) is 26.3. The van der Waals surface area contributed by atoms with E-state index in [1.165, 1.54) is 71.1 Å². The van der Waals surface area contributed by atoms with E-state index in [4.69, 9.17) is 0 Å². The predicted octanol–water partition coefficient (Wildman–Crippen LogP) is 3.13. The number of hydrogen-bond donors (Lipinski definition) is 1. The molecular formula is C15H30N2S. The number of piperidine rings is 1. The molecule has 1 heterocycles. The number of rotatable bonds is 5. The first-order chi connectivity index (χ1) is 8.78. The van der Waals surface area contributed by atoms with E-state index in [1.807, 2.05) is 0 Å². The Morgan fingerprint density at radius 3 is 2.39 bits per heavy atom. The molecule has 2 nitrogen and oxygen atoms in total. The summed E-state index contributed by atoms with van der Waals surface area (Å²) in [6, 6.07) is 0.777. The second-order valence-electron chi connectivity index (χ2n) is 6.04. The van der Waals surface area contributed by atoms with Crippen molar-refractivity contribution in [3.05, 3.63) is 0 Å². The maximum atomic E-state index is 3.88.